The molecule has 0 unspecified atom stereocenters. The van der Waals surface area contributed by atoms with E-state index in [1.807, 2.05) is 54.6 Å². The number of sulfonamides is 1. The van der Waals surface area contributed by atoms with Crippen molar-refractivity contribution in [2.45, 2.75) is 17.4 Å². The van der Waals surface area contributed by atoms with Crippen molar-refractivity contribution in [2.24, 2.45) is 0 Å². The predicted octanol–water partition coefficient (Wildman–Crippen LogP) is 3.30. The molecule has 180 valence electrons. The number of aromatic amines is 1. The summed E-state index contributed by atoms with van der Waals surface area (Å²) in [6.45, 7) is 1.40. The summed E-state index contributed by atoms with van der Waals surface area (Å²) in [4.78, 5) is 21.3. The van der Waals surface area contributed by atoms with Crippen molar-refractivity contribution in [1.29, 1.82) is 0 Å². The average Bonchev–Trinajstić information content (AvgIpc) is 3.34. The number of imidazole rings is 1. The molecule has 9 heteroatoms. The molecule has 1 atom stereocenters. The van der Waals surface area contributed by atoms with Gasteiger partial charge in [0.25, 0.3) is 5.91 Å². The Bertz CT molecular complexity index is 1380. The topological polar surface area (TPSA) is 104 Å². The molecular formula is C26H26N4O4S. The van der Waals surface area contributed by atoms with Crippen LogP contribution in [-0.4, -0.2) is 54.9 Å². The number of H-pyrrole nitrogens is 1. The van der Waals surface area contributed by atoms with E-state index in [-0.39, 0.29) is 10.8 Å². The fourth-order valence-corrected chi connectivity index (χ4v) is 5.57. The quantitative estimate of drug-likeness (QED) is 0.414. The van der Waals surface area contributed by atoms with Crippen LogP contribution in [0.5, 0.6) is 0 Å². The van der Waals surface area contributed by atoms with Crippen molar-refractivity contribution < 1.29 is 17.9 Å². The summed E-state index contributed by atoms with van der Waals surface area (Å²) < 4.78 is 32.4. The number of morpholine rings is 1. The molecule has 2 heterocycles. The molecule has 0 spiro atoms. The number of para-hydroxylation sites is 2. The lowest BCUT2D eigenvalue weighted by atomic mass is 10.0. The van der Waals surface area contributed by atoms with Crippen molar-refractivity contribution in [1.82, 2.24) is 19.6 Å². The highest BCUT2D eigenvalue weighted by atomic mass is 32.2. The lowest BCUT2D eigenvalue weighted by Gasteiger charge is -2.26. The minimum absolute atomic E-state index is 0.161. The van der Waals surface area contributed by atoms with E-state index < -0.39 is 16.1 Å². The number of hydrogen-bond acceptors (Lipinski definition) is 5. The van der Waals surface area contributed by atoms with Gasteiger partial charge in [0.15, 0.2) is 0 Å². The second kappa shape index (κ2) is 9.99. The summed E-state index contributed by atoms with van der Waals surface area (Å²) in [6, 6.07) is 23.2. The van der Waals surface area contributed by atoms with Crippen LogP contribution in [0, 0.1) is 0 Å². The van der Waals surface area contributed by atoms with Crippen molar-refractivity contribution in [2.75, 3.05) is 26.3 Å². The van der Waals surface area contributed by atoms with Gasteiger partial charge in [0, 0.05) is 18.7 Å². The molecule has 1 saturated heterocycles. The third-order valence-electron chi connectivity index (χ3n) is 6.05. The van der Waals surface area contributed by atoms with Gasteiger partial charge >= 0.3 is 0 Å². The highest BCUT2D eigenvalue weighted by molar-refractivity contribution is 7.89. The lowest BCUT2D eigenvalue weighted by molar-refractivity contribution is 0.0730. The molecule has 1 aliphatic heterocycles. The molecule has 1 aromatic heterocycles. The molecule has 1 fully saturated rings. The van der Waals surface area contributed by atoms with E-state index in [2.05, 4.69) is 15.3 Å². The Balaban J connectivity index is 1.37. The summed E-state index contributed by atoms with van der Waals surface area (Å²) >= 11 is 0. The lowest BCUT2D eigenvalue weighted by Crippen LogP contribution is -2.40. The molecule has 1 aliphatic rings. The first-order valence-electron chi connectivity index (χ1n) is 11.5. The number of amides is 1. The maximum Gasteiger partial charge on any atom is 0.251 e. The molecule has 5 rings (SSSR count). The molecule has 8 nitrogen and oxygen atoms in total. The van der Waals surface area contributed by atoms with E-state index in [0.29, 0.717) is 44.1 Å². The Morgan fingerprint density at radius 1 is 0.971 bits per heavy atom. The number of nitrogens with zero attached hydrogens (tertiary/aromatic N) is 2. The second-order valence-corrected chi connectivity index (χ2v) is 10.3. The maximum absolute atomic E-state index is 13.2. The monoisotopic (exact) mass is 490 g/mol. The van der Waals surface area contributed by atoms with Crippen LogP contribution < -0.4 is 5.32 Å². The number of carbonyl (C=O) groups is 1. The minimum atomic E-state index is -3.62. The summed E-state index contributed by atoms with van der Waals surface area (Å²) in [5.74, 6) is 0.358. The van der Waals surface area contributed by atoms with Gasteiger partial charge in [0.1, 0.15) is 5.82 Å². The van der Waals surface area contributed by atoms with Gasteiger partial charge in [-0.05, 0) is 48.4 Å². The largest absolute Gasteiger partial charge is 0.379 e. The highest BCUT2D eigenvalue weighted by Gasteiger charge is 2.27. The van der Waals surface area contributed by atoms with Crippen molar-refractivity contribution >= 4 is 27.0 Å². The van der Waals surface area contributed by atoms with E-state index in [0.717, 1.165) is 16.6 Å². The van der Waals surface area contributed by atoms with Gasteiger partial charge in [0.05, 0.1) is 35.2 Å². The summed E-state index contributed by atoms with van der Waals surface area (Å²) in [6.07, 6.45) is 0.551. The maximum atomic E-state index is 13.2. The standard InChI is InChI=1S/C26H26N4O4S/c31-26(20-10-12-21(13-11-20)35(32,33)30-14-16-34-17-15-30)29-24(18-19-6-2-1-3-7-19)25-27-22-8-4-5-9-23(22)28-25/h1-13,24H,14-18H2,(H,27,28)(H,29,31)/t24-/m0/s1. The van der Waals surface area contributed by atoms with Gasteiger partial charge in [-0.3, -0.25) is 4.79 Å². The van der Waals surface area contributed by atoms with E-state index in [4.69, 9.17) is 4.74 Å². The van der Waals surface area contributed by atoms with Gasteiger partial charge < -0.3 is 15.0 Å². The van der Waals surface area contributed by atoms with Gasteiger partial charge in [-0.25, -0.2) is 13.4 Å². The molecule has 0 saturated carbocycles. The van der Waals surface area contributed by atoms with Crippen LogP contribution in [0.4, 0.5) is 0 Å². The zero-order valence-electron chi connectivity index (χ0n) is 19.1. The second-order valence-electron chi connectivity index (χ2n) is 8.40. The number of benzene rings is 3. The Morgan fingerprint density at radius 2 is 1.66 bits per heavy atom. The Hall–Kier alpha value is -3.53. The number of carbonyl (C=O) groups excluding carboxylic acids is 1. The third kappa shape index (κ3) is 5.12. The number of rotatable bonds is 7. The average molecular weight is 491 g/mol. The minimum Gasteiger partial charge on any atom is -0.379 e. The van der Waals surface area contributed by atoms with Gasteiger partial charge in [0.2, 0.25) is 10.0 Å². The van der Waals surface area contributed by atoms with Gasteiger partial charge in [-0.1, -0.05) is 42.5 Å². The molecule has 35 heavy (non-hydrogen) atoms. The number of aromatic nitrogens is 2. The van der Waals surface area contributed by atoms with Crippen LogP contribution in [0.25, 0.3) is 11.0 Å². The highest BCUT2D eigenvalue weighted by Crippen LogP contribution is 2.22. The van der Waals surface area contributed by atoms with Crippen LogP contribution in [0.1, 0.15) is 27.8 Å². The third-order valence-corrected chi connectivity index (χ3v) is 7.96. The van der Waals surface area contributed by atoms with Crippen molar-refractivity contribution in [3.8, 4) is 0 Å². The van der Waals surface area contributed by atoms with Crippen LogP contribution in [0.15, 0.2) is 83.8 Å². The molecule has 0 radical (unpaired) electrons. The van der Waals surface area contributed by atoms with E-state index >= 15 is 0 Å². The fourth-order valence-electron chi connectivity index (χ4n) is 4.16. The SMILES string of the molecule is O=C(N[C@@H](Cc1ccccc1)c1nc2ccccc2[nH]1)c1ccc(S(=O)(=O)N2CCOCC2)cc1. The summed E-state index contributed by atoms with van der Waals surface area (Å²) in [5, 5.41) is 3.07. The zero-order chi connectivity index (χ0) is 24.3. The number of nitrogens with one attached hydrogen (secondary N) is 2. The van der Waals surface area contributed by atoms with E-state index in [1.54, 1.807) is 12.1 Å². The Morgan fingerprint density at radius 3 is 2.37 bits per heavy atom. The number of hydrogen-bond donors (Lipinski definition) is 2. The molecule has 1 amide bonds. The van der Waals surface area contributed by atoms with Gasteiger partial charge in [-0.2, -0.15) is 4.31 Å². The molecule has 4 aromatic rings. The molecule has 2 N–H and O–H groups in total. The van der Waals surface area contributed by atoms with Gasteiger partial charge in [-0.15, -0.1) is 0 Å². The van der Waals surface area contributed by atoms with Crippen LogP contribution in [0.2, 0.25) is 0 Å². The first-order valence-corrected chi connectivity index (χ1v) is 12.9. The van der Waals surface area contributed by atoms with Crippen LogP contribution in [-0.2, 0) is 21.2 Å². The van der Waals surface area contributed by atoms with E-state index in [1.165, 1.54) is 16.4 Å². The Labute approximate surface area is 204 Å². The van der Waals surface area contributed by atoms with Crippen molar-refractivity contribution in [3.63, 3.8) is 0 Å². The van der Waals surface area contributed by atoms with Crippen LogP contribution in [0.3, 0.4) is 0 Å². The number of fused-ring (bicyclic) bond motifs is 1. The molecule has 0 bridgehead atoms. The first kappa shape index (κ1) is 23.2. The molecular weight excluding hydrogens is 464 g/mol. The van der Waals surface area contributed by atoms with Crippen LogP contribution >= 0.6 is 0 Å². The zero-order valence-corrected chi connectivity index (χ0v) is 19.9. The normalized spacial score (nSPS) is 15.7. The Kier molecular flexibility index (Phi) is 6.63. The smallest absolute Gasteiger partial charge is 0.251 e. The summed E-state index contributed by atoms with van der Waals surface area (Å²) in [5.41, 5.74) is 3.16. The summed E-state index contributed by atoms with van der Waals surface area (Å²) in [7, 11) is -3.62. The first-order chi connectivity index (χ1) is 17.0. The van der Waals surface area contributed by atoms with Crippen molar-refractivity contribution in [3.05, 3.63) is 95.8 Å². The number of ether oxygens (including phenoxy) is 1. The molecule has 3 aromatic carbocycles. The predicted molar refractivity (Wildman–Crippen MR) is 132 cm³/mol. The van der Waals surface area contributed by atoms with E-state index in [9.17, 15) is 13.2 Å². The fraction of sp³-hybridized carbons (Fsp3) is 0.231. The molecule has 0 aliphatic carbocycles.